The minimum atomic E-state index is -0.424. The van der Waals surface area contributed by atoms with E-state index >= 15 is 0 Å². The summed E-state index contributed by atoms with van der Waals surface area (Å²) in [6.07, 6.45) is 3.19. The predicted octanol–water partition coefficient (Wildman–Crippen LogP) is 2.79. The van der Waals surface area contributed by atoms with Crippen LogP contribution in [0.2, 0.25) is 0 Å². The van der Waals surface area contributed by atoms with Gasteiger partial charge in [-0.2, -0.15) is 0 Å². The highest BCUT2D eigenvalue weighted by atomic mass is 16.5. The molecule has 20 heavy (non-hydrogen) atoms. The van der Waals surface area contributed by atoms with E-state index in [1.807, 2.05) is 24.3 Å². The van der Waals surface area contributed by atoms with Crippen LogP contribution in [0, 0.1) is 5.92 Å². The highest BCUT2D eigenvalue weighted by molar-refractivity contribution is 5.84. The molecule has 1 amide bonds. The molecule has 1 aliphatic carbocycles. The summed E-state index contributed by atoms with van der Waals surface area (Å²) in [5, 5.41) is 6.20. The lowest BCUT2D eigenvalue weighted by Gasteiger charge is -2.20. The summed E-state index contributed by atoms with van der Waals surface area (Å²) < 4.78 is 4.83. The number of nitrogens with one attached hydrogen (secondary N) is 2. The molecule has 1 saturated carbocycles. The van der Waals surface area contributed by atoms with Gasteiger partial charge in [-0.1, -0.05) is 6.42 Å². The second kappa shape index (κ2) is 7.14. The van der Waals surface area contributed by atoms with Crippen LogP contribution >= 0.6 is 0 Å². The normalized spacial score (nSPS) is 21.5. The molecule has 0 saturated heterocycles. The number of hydrogen-bond acceptors (Lipinski definition) is 4. The van der Waals surface area contributed by atoms with Gasteiger partial charge in [-0.05, 0) is 56.5 Å². The van der Waals surface area contributed by atoms with Crippen molar-refractivity contribution in [3.63, 3.8) is 0 Å². The molecule has 2 atom stereocenters. The van der Waals surface area contributed by atoms with E-state index in [9.17, 15) is 4.79 Å². The van der Waals surface area contributed by atoms with Crippen LogP contribution < -0.4 is 16.4 Å². The largest absolute Gasteiger partial charge is 0.450 e. The van der Waals surface area contributed by atoms with Crippen molar-refractivity contribution in [1.29, 1.82) is 0 Å². The molecule has 0 aromatic heterocycles. The van der Waals surface area contributed by atoms with E-state index in [0.29, 0.717) is 18.6 Å². The summed E-state index contributed by atoms with van der Waals surface area (Å²) in [7, 11) is 0. The second-order valence-electron chi connectivity index (χ2n) is 5.10. The molecule has 110 valence electrons. The monoisotopic (exact) mass is 277 g/mol. The van der Waals surface area contributed by atoms with Gasteiger partial charge in [0.25, 0.3) is 0 Å². The Morgan fingerprint density at radius 3 is 2.65 bits per heavy atom. The first-order chi connectivity index (χ1) is 9.72. The molecule has 0 spiro atoms. The molecular weight excluding hydrogens is 254 g/mol. The third-order valence-corrected chi connectivity index (χ3v) is 3.72. The highest BCUT2D eigenvalue weighted by Gasteiger charge is 2.25. The molecular formula is C15H23N3O2. The first kappa shape index (κ1) is 14.7. The highest BCUT2D eigenvalue weighted by Crippen LogP contribution is 2.28. The number of anilines is 2. The first-order valence-corrected chi connectivity index (χ1v) is 7.23. The number of carbonyl (C=O) groups is 1. The van der Waals surface area contributed by atoms with Crippen LogP contribution in [0.25, 0.3) is 0 Å². The fourth-order valence-corrected chi connectivity index (χ4v) is 2.66. The van der Waals surface area contributed by atoms with Crippen LogP contribution in [0.15, 0.2) is 24.3 Å². The molecule has 2 rings (SSSR count). The number of carbonyl (C=O) groups excluding carboxylic acids is 1. The molecule has 1 aromatic carbocycles. The molecule has 1 aliphatic rings. The van der Waals surface area contributed by atoms with Gasteiger partial charge in [0.05, 0.1) is 6.61 Å². The molecule has 0 bridgehead atoms. The summed E-state index contributed by atoms with van der Waals surface area (Å²) in [6.45, 7) is 2.88. The fourth-order valence-electron chi connectivity index (χ4n) is 2.66. The number of nitrogens with two attached hydrogens (primary N) is 1. The summed E-state index contributed by atoms with van der Waals surface area (Å²) in [4.78, 5) is 11.3. The van der Waals surface area contributed by atoms with Crippen molar-refractivity contribution in [3.8, 4) is 0 Å². The smallest absolute Gasteiger partial charge is 0.411 e. The van der Waals surface area contributed by atoms with E-state index in [1.54, 1.807) is 6.92 Å². The zero-order valence-electron chi connectivity index (χ0n) is 11.9. The van der Waals surface area contributed by atoms with E-state index in [2.05, 4.69) is 10.6 Å². The van der Waals surface area contributed by atoms with Crippen molar-refractivity contribution >= 4 is 17.5 Å². The van der Waals surface area contributed by atoms with Gasteiger partial charge in [0.1, 0.15) is 0 Å². The molecule has 4 N–H and O–H groups in total. The first-order valence-electron chi connectivity index (χ1n) is 7.23. The van der Waals surface area contributed by atoms with Gasteiger partial charge in [-0.15, -0.1) is 0 Å². The molecule has 5 heteroatoms. The van der Waals surface area contributed by atoms with Crippen molar-refractivity contribution < 1.29 is 9.53 Å². The number of rotatable bonds is 5. The van der Waals surface area contributed by atoms with E-state index in [-0.39, 0.29) is 0 Å². The minimum Gasteiger partial charge on any atom is -0.450 e. The molecule has 0 aliphatic heterocycles. The second-order valence-corrected chi connectivity index (χ2v) is 5.10. The van der Waals surface area contributed by atoms with Crippen molar-refractivity contribution in [1.82, 2.24) is 0 Å². The SMILES string of the molecule is CCOC(=O)Nc1ccc(NC2CCCC2CN)cc1. The lowest BCUT2D eigenvalue weighted by molar-refractivity contribution is 0.168. The Morgan fingerprint density at radius 1 is 1.30 bits per heavy atom. The maximum Gasteiger partial charge on any atom is 0.411 e. The maximum absolute atomic E-state index is 11.3. The molecule has 0 radical (unpaired) electrons. The zero-order valence-corrected chi connectivity index (χ0v) is 11.9. The van der Waals surface area contributed by atoms with Gasteiger partial charge in [0.15, 0.2) is 0 Å². The maximum atomic E-state index is 11.3. The Morgan fingerprint density at radius 2 is 2.00 bits per heavy atom. The Balaban J connectivity index is 1.89. The summed E-state index contributed by atoms with van der Waals surface area (Å²) in [5.74, 6) is 0.562. The third-order valence-electron chi connectivity index (χ3n) is 3.72. The molecule has 1 aromatic rings. The van der Waals surface area contributed by atoms with Crippen LogP contribution in [-0.4, -0.2) is 25.3 Å². The van der Waals surface area contributed by atoms with E-state index in [4.69, 9.17) is 10.5 Å². The third kappa shape index (κ3) is 3.87. The van der Waals surface area contributed by atoms with Gasteiger partial charge in [0.2, 0.25) is 0 Å². The number of hydrogen-bond donors (Lipinski definition) is 3. The van der Waals surface area contributed by atoms with Gasteiger partial charge in [-0.3, -0.25) is 5.32 Å². The summed E-state index contributed by atoms with van der Waals surface area (Å²) in [5.41, 5.74) is 7.58. The standard InChI is InChI=1S/C15H23N3O2/c1-2-20-15(19)18-13-8-6-12(7-9-13)17-14-5-3-4-11(14)10-16/h6-9,11,14,17H,2-5,10,16H2,1H3,(H,18,19). The van der Waals surface area contributed by atoms with Crippen LogP contribution in [-0.2, 0) is 4.74 Å². The van der Waals surface area contributed by atoms with Crippen LogP contribution in [0.5, 0.6) is 0 Å². The zero-order chi connectivity index (χ0) is 14.4. The van der Waals surface area contributed by atoms with Gasteiger partial charge in [-0.25, -0.2) is 4.79 Å². The number of benzene rings is 1. The van der Waals surface area contributed by atoms with Crippen molar-refractivity contribution in [3.05, 3.63) is 24.3 Å². The van der Waals surface area contributed by atoms with Gasteiger partial charge >= 0.3 is 6.09 Å². The fraction of sp³-hybridized carbons (Fsp3) is 0.533. The van der Waals surface area contributed by atoms with E-state index in [1.165, 1.54) is 19.3 Å². The predicted molar refractivity (Wildman–Crippen MR) is 80.9 cm³/mol. The average Bonchev–Trinajstić information content (AvgIpc) is 2.88. The Bertz CT molecular complexity index is 433. The van der Waals surface area contributed by atoms with Gasteiger partial charge < -0.3 is 15.8 Å². The Kier molecular flexibility index (Phi) is 5.24. The number of amides is 1. The minimum absolute atomic E-state index is 0.369. The summed E-state index contributed by atoms with van der Waals surface area (Å²) in [6, 6.07) is 8.13. The van der Waals surface area contributed by atoms with Crippen molar-refractivity contribution in [2.24, 2.45) is 11.7 Å². The molecule has 0 heterocycles. The van der Waals surface area contributed by atoms with Gasteiger partial charge in [0, 0.05) is 17.4 Å². The van der Waals surface area contributed by atoms with Crippen molar-refractivity contribution in [2.75, 3.05) is 23.8 Å². The lowest BCUT2D eigenvalue weighted by atomic mass is 10.0. The molecule has 1 fully saturated rings. The molecule has 5 nitrogen and oxygen atoms in total. The molecule has 2 unspecified atom stereocenters. The average molecular weight is 277 g/mol. The summed E-state index contributed by atoms with van der Waals surface area (Å²) >= 11 is 0. The topological polar surface area (TPSA) is 76.4 Å². The van der Waals surface area contributed by atoms with Crippen LogP contribution in [0.4, 0.5) is 16.2 Å². The van der Waals surface area contributed by atoms with Crippen LogP contribution in [0.3, 0.4) is 0 Å². The quantitative estimate of drug-likeness (QED) is 0.773. The van der Waals surface area contributed by atoms with E-state index in [0.717, 1.165) is 17.9 Å². The van der Waals surface area contributed by atoms with Crippen molar-refractivity contribution in [2.45, 2.75) is 32.2 Å². The Hall–Kier alpha value is -1.75. The number of ether oxygens (including phenoxy) is 1. The van der Waals surface area contributed by atoms with E-state index < -0.39 is 6.09 Å². The Labute approximate surface area is 119 Å². The lowest BCUT2D eigenvalue weighted by Crippen LogP contribution is -2.29. The van der Waals surface area contributed by atoms with Crippen LogP contribution in [0.1, 0.15) is 26.2 Å².